The average molecular weight is 202 g/mol. The molecule has 0 radical (unpaired) electrons. The van der Waals surface area contributed by atoms with Crippen molar-refractivity contribution in [2.24, 2.45) is 0 Å². The van der Waals surface area contributed by atoms with Crippen LogP contribution in [0, 0.1) is 0 Å². The molecule has 0 saturated carbocycles. The van der Waals surface area contributed by atoms with Gasteiger partial charge in [-0.25, -0.2) is 0 Å². The molecule has 82 valence electrons. The summed E-state index contributed by atoms with van der Waals surface area (Å²) in [5.74, 6) is -0.178. The van der Waals surface area contributed by atoms with E-state index in [1.165, 1.54) is 7.11 Å². The summed E-state index contributed by atoms with van der Waals surface area (Å²) in [6.07, 6.45) is 2.77. The molecule has 1 unspecified atom stereocenters. The number of methoxy groups -OCH3 is 1. The first kappa shape index (κ1) is 12.9. The third-order valence-corrected chi connectivity index (χ3v) is 1.88. The molecule has 0 spiro atoms. The minimum Gasteiger partial charge on any atom is -0.469 e. The molecule has 0 aromatic heterocycles. The SMILES string of the molecule is COC(=O)CCCC(C)NCNC=O. The van der Waals surface area contributed by atoms with E-state index in [1.807, 2.05) is 6.92 Å². The summed E-state index contributed by atoms with van der Waals surface area (Å²) in [4.78, 5) is 20.7. The van der Waals surface area contributed by atoms with E-state index in [9.17, 15) is 9.59 Å². The predicted octanol–water partition coefficient (Wildman–Crippen LogP) is 0.0113. The van der Waals surface area contributed by atoms with Crippen LogP contribution in [0.5, 0.6) is 0 Å². The third kappa shape index (κ3) is 7.54. The monoisotopic (exact) mass is 202 g/mol. The van der Waals surface area contributed by atoms with Crippen LogP contribution in [-0.4, -0.2) is 32.2 Å². The predicted molar refractivity (Wildman–Crippen MR) is 52.5 cm³/mol. The van der Waals surface area contributed by atoms with Crippen LogP contribution in [0.25, 0.3) is 0 Å². The fraction of sp³-hybridized carbons (Fsp3) is 0.778. The second-order valence-electron chi connectivity index (χ2n) is 3.07. The number of carbonyl (C=O) groups is 2. The van der Waals surface area contributed by atoms with Gasteiger partial charge in [-0.05, 0) is 19.8 Å². The highest BCUT2D eigenvalue weighted by Gasteiger charge is 2.03. The van der Waals surface area contributed by atoms with Gasteiger partial charge in [0.2, 0.25) is 6.41 Å². The van der Waals surface area contributed by atoms with Crippen molar-refractivity contribution in [3.63, 3.8) is 0 Å². The minimum atomic E-state index is -0.178. The van der Waals surface area contributed by atoms with Gasteiger partial charge in [0.25, 0.3) is 0 Å². The Morgan fingerprint density at radius 1 is 1.57 bits per heavy atom. The number of hydrogen-bond donors (Lipinski definition) is 2. The Kier molecular flexibility index (Phi) is 7.83. The van der Waals surface area contributed by atoms with Crippen LogP contribution in [-0.2, 0) is 14.3 Å². The van der Waals surface area contributed by atoms with Crippen molar-refractivity contribution in [1.82, 2.24) is 10.6 Å². The minimum absolute atomic E-state index is 0.178. The van der Waals surface area contributed by atoms with Crippen molar-refractivity contribution >= 4 is 12.4 Å². The normalized spacial score (nSPS) is 11.9. The van der Waals surface area contributed by atoms with Crippen molar-refractivity contribution in [3.05, 3.63) is 0 Å². The topological polar surface area (TPSA) is 67.4 Å². The third-order valence-electron chi connectivity index (χ3n) is 1.88. The molecule has 0 saturated heterocycles. The lowest BCUT2D eigenvalue weighted by Gasteiger charge is -2.12. The molecular weight excluding hydrogens is 184 g/mol. The molecule has 0 fully saturated rings. The first-order valence-electron chi connectivity index (χ1n) is 4.68. The van der Waals surface area contributed by atoms with Crippen molar-refractivity contribution in [2.45, 2.75) is 32.2 Å². The summed E-state index contributed by atoms with van der Waals surface area (Å²) in [6, 6.07) is 0.284. The number of nitrogens with one attached hydrogen (secondary N) is 2. The van der Waals surface area contributed by atoms with Crippen LogP contribution in [0.2, 0.25) is 0 Å². The van der Waals surface area contributed by atoms with E-state index in [1.54, 1.807) is 0 Å². The second kappa shape index (κ2) is 8.50. The van der Waals surface area contributed by atoms with Crippen LogP contribution in [0.1, 0.15) is 26.2 Å². The number of hydrogen-bond acceptors (Lipinski definition) is 4. The quantitative estimate of drug-likeness (QED) is 0.252. The molecule has 0 bridgehead atoms. The number of carbonyl (C=O) groups excluding carboxylic acids is 2. The molecule has 0 aliphatic rings. The van der Waals surface area contributed by atoms with Gasteiger partial charge in [0, 0.05) is 12.5 Å². The van der Waals surface area contributed by atoms with Crippen LogP contribution in [0.3, 0.4) is 0 Å². The van der Waals surface area contributed by atoms with E-state index in [0.29, 0.717) is 19.5 Å². The van der Waals surface area contributed by atoms with Crippen molar-refractivity contribution < 1.29 is 14.3 Å². The molecule has 0 aliphatic heterocycles. The van der Waals surface area contributed by atoms with Gasteiger partial charge < -0.3 is 10.1 Å². The Morgan fingerprint density at radius 3 is 2.86 bits per heavy atom. The van der Waals surface area contributed by atoms with Crippen LogP contribution < -0.4 is 10.6 Å². The number of ether oxygens (including phenoxy) is 1. The summed E-state index contributed by atoms with van der Waals surface area (Å²) >= 11 is 0. The second-order valence-corrected chi connectivity index (χ2v) is 3.07. The van der Waals surface area contributed by atoms with Gasteiger partial charge in [0.1, 0.15) is 0 Å². The molecule has 0 aromatic carbocycles. The Balaban J connectivity index is 3.30. The lowest BCUT2D eigenvalue weighted by atomic mass is 10.1. The van der Waals surface area contributed by atoms with Gasteiger partial charge in [-0.1, -0.05) is 0 Å². The highest BCUT2D eigenvalue weighted by Crippen LogP contribution is 2.00. The summed E-state index contributed by atoms with van der Waals surface area (Å²) in [6.45, 7) is 2.46. The largest absolute Gasteiger partial charge is 0.469 e. The molecule has 5 heteroatoms. The standard InChI is InChI=1S/C9H18N2O3/c1-8(11-6-10-7-12)4-3-5-9(13)14-2/h7-8,11H,3-6H2,1-2H3,(H,10,12). The van der Waals surface area contributed by atoms with Gasteiger partial charge >= 0.3 is 5.97 Å². The van der Waals surface area contributed by atoms with Crippen molar-refractivity contribution in [3.8, 4) is 0 Å². The number of esters is 1. The lowest BCUT2D eigenvalue weighted by Crippen LogP contribution is -2.34. The van der Waals surface area contributed by atoms with E-state index >= 15 is 0 Å². The van der Waals surface area contributed by atoms with Gasteiger partial charge in [-0.15, -0.1) is 0 Å². The molecule has 5 nitrogen and oxygen atoms in total. The smallest absolute Gasteiger partial charge is 0.305 e. The molecule has 0 aliphatic carbocycles. The zero-order valence-corrected chi connectivity index (χ0v) is 8.71. The summed E-state index contributed by atoms with van der Waals surface area (Å²) in [5, 5.41) is 5.59. The van der Waals surface area contributed by atoms with Crippen LogP contribution >= 0.6 is 0 Å². The summed E-state index contributed by atoms with van der Waals surface area (Å²) < 4.78 is 4.51. The fourth-order valence-electron chi connectivity index (χ4n) is 1.03. The lowest BCUT2D eigenvalue weighted by molar-refractivity contribution is -0.140. The summed E-state index contributed by atoms with van der Waals surface area (Å²) in [5.41, 5.74) is 0. The highest BCUT2D eigenvalue weighted by atomic mass is 16.5. The fourth-order valence-corrected chi connectivity index (χ4v) is 1.03. The molecule has 1 atom stereocenters. The van der Waals surface area contributed by atoms with E-state index in [2.05, 4.69) is 15.4 Å². The van der Waals surface area contributed by atoms with Crippen LogP contribution in [0.4, 0.5) is 0 Å². The molecule has 2 N–H and O–H groups in total. The first-order valence-corrected chi connectivity index (χ1v) is 4.68. The Morgan fingerprint density at radius 2 is 2.29 bits per heavy atom. The molecular formula is C9H18N2O3. The Bertz CT molecular complexity index is 173. The zero-order valence-electron chi connectivity index (χ0n) is 8.71. The first-order chi connectivity index (χ1) is 6.70. The molecule has 1 amide bonds. The van der Waals surface area contributed by atoms with Gasteiger partial charge in [0.05, 0.1) is 13.8 Å². The molecule has 0 heterocycles. The average Bonchev–Trinajstić information content (AvgIpc) is 2.18. The van der Waals surface area contributed by atoms with Gasteiger partial charge in [0.15, 0.2) is 0 Å². The number of rotatable bonds is 8. The zero-order chi connectivity index (χ0) is 10.8. The molecule has 0 aromatic rings. The van der Waals surface area contributed by atoms with Crippen molar-refractivity contribution in [2.75, 3.05) is 13.8 Å². The Labute approximate surface area is 84.2 Å². The van der Waals surface area contributed by atoms with E-state index in [4.69, 9.17) is 0 Å². The number of amides is 1. The van der Waals surface area contributed by atoms with Crippen molar-refractivity contribution in [1.29, 1.82) is 0 Å². The maximum absolute atomic E-state index is 10.8. The van der Waals surface area contributed by atoms with E-state index in [0.717, 1.165) is 12.8 Å². The van der Waals surface area contributed by atoms with Gasteiger partial charge in [-0.2, -0.15) is 0 Å². The Hall–Kier alpha value is -1.10. The molecule has 14 heavy (non-hydrogen) atoms. The van der Waals surface area contributed by atoms with E-state index < -0.39 is 0 Å². The molecule has 0 rings (SSSR count). The maximum atomic E-state index is 10.8. The highest BCUT2D eigenvalue weighted by molar-refractivity contribution is 5.68. The summed E-state index contributed by atoms with van der Waals surface area (Å²) in [7, 11) is 1.39. The van der Waals surface area contributed by atoms with E-state index in [-0.39, 0.29) is 12.0 Å². The van der Waals surface area contributed by atoms with Gasteiger partial charge in [-0.3, -0.25) is 14.9 Å². The van der Waals surface area contributed by atoms with Crippen LogP contribution in [0.15, 0.2) is 0 Å². The maximum Gasteiger partial charge on any atom is 0.305 e.